The van der Waals surface area contributed by atoms with Crippen LogP contribution in [0, 0.1) is 12.8 Å². The second-order valence-electron chi connectivity index (χ2n) is 5.44. The topological polar surface area (TPSA) is 72.9 Å². The number of methoxy groups -OCH3 is 2. The fourth-order valence-electron chi connectivity index (χ4n) is 2.77. The third-order valence-electron chi connectivity index (χ3n) is 3.96. The number of benzene rings is 1. The van der Waals surface area contributed by atoms with Crippen molar-refractivity contribution in [2.24, 2.45) is 5.92 Å². The number of imide groups is 1. The molecule has 2 rings (SSSR count). The van der Waals surface area contributed by atoms with Crippen molar-refractivity contribution in [3.8, 4) is 0 Å². The fourth-order valence-corrected chi connectivity index (χ4v) is 3.01. The molecular weight excluding hydrogens is 366 g/mol. The third-order valence-corrected chi connectivity index (χ3v) is 4.84. The quantitative estimate of drug-likeness (QED) is 0.749. The zero-order chi connectivity index (χ0) is 17.1. The Balaban J connectivity index is 2.23. The van der Waals surface area contributed by atoms with Crippen molar-refractivity contribution in [2.75, 3.05) is 14.2 Å². The van der Waals surface area contributed by atoms with Crippen molar-refractivity contribution in [3.05, 3.63) is 33.8 Å². The Morgan fingerprint density at radius 1 is 1.30 bits per heavy atom. The van der Waals surface area contributed by atoms with Gasteiger partial charge in [0.05, 0.1) is 14.2 Å². The van der Waals surface area contributed by atoms with Gasteiger partial charge >= 0.3 is 12.1 Å². The molecule has 7 heteroatoms. The maximum absolute atomic E-state index is 12.5. The number of carbonyl (C=O) groups excluding carboxylic acids is 3. The summed E-state index contributed by atoms with van der Waals surface area (Å²) in [6.45, 7) is 1.96. The SMILES string of the molecule is COC(=O)[C@@H]1C[C@@H](Cc2ccc(Br)c(C)c2)C(=O)N1C(=O)OC. The van der Waals surface area contributed by atoms with E-state index in [1.165, 1.54) is 14.2 Å². The van der Waals surface area contributed by atoms with E-state index in [1.54, 1.807) is 0 Å². The van der Waals surface area contributed by atoms with Crippen LogP contribution in [-0.4, -0.2) is 43.1 Å². The number of aryl methyl sites for hydroxylation is 1. The van der Waals surface area contributed by atoms with Gasteiger partial charge in [-0.2, -0.15) is 0 Å². The summed E-state index contributed by atoms with van der Waals surface area (Å²) >= 11 is 3.43. The highest BCUT2D eigenvalue weighted by Gasteiger charge is 2.47. The van der Waals surface area contributed by atoms with Gasteiger partial charge in [0.25, 0.3) is 0 Å². The Labute approximate surface area is 142 Å². The van der Waals surface area contributed by atoms with Crippen LogP contribution in [0.2, 0.25) is 0 Å². The van der Waals surface area contributed by atoms with E-state index in [4.69, 9.17) is 4.74 Å². The maximum atomic E-state index is 12.5. The Morgan fingerprint density at radius 2 is 2.00 bits per heavy atom. The Morgan fingerprint density at radius 3 is 2.57 bits per heavy atom. The lowest BCUT2D eigenvalue weighted by molar-refractivity contribution is -0.148. The number of esters is 1. The minimum absolute atomic E-state index is 0.232. The van der Waals surface area contributed by atoms with Crippen LogP contribution in [0.3, 0.4) is 0 Å². The minimum Gasteiger partial charge on any atom is -0.467 e. The van der Waals surface area contributed by atoms with Crippen molar-refractivity contribution in [2.45, 2.75) is 25.8 Å². The summed E-state index contributed by atoms with van der Waals surface area (Å²) in [6, 6.07) is 4.88. The van der Waals surface area contributed by atoms with E-state index in [0.29, 0.717) is 6.42 Å². The normalized spacial score (nSPS) is 20.5. The summed E-state index contributed by atoms with van der Waals surface area (Å²) < 4.78 is 10.3. The lowest BCUT2D eigenvalue weighted by atomic mass is 9.95. The van der Waals surface area contributed by atoms with Crippen LogP contribution >= 0.6 is 15.9 Å². The molecule has 1 saturated heterocycles. The first-order chi connectivity index (χ1) is 10.9. The zero-order valence-electron chi connectivity index (χ0n) is 13.2. The molecule has 0 radical (unpaired) electrons. The summed E-state index contributed by atoms with van der Waals surface area (Å²) in [4.78, 5) is 37.0. The number of halogens is 1. The van der Waals surface area contributed by atoms with Gasteiger partial charge in [-0.3, -0.25) is 4.79 Å². The van der Waals surface area contributed by atoms with Crippen LogP contribution in [0.4, 0.5) is 4.79 Å². The van der Waals surface area contributed by atoms with Gasteiger partial charge in [0, 0.05) is 10.4 Å². The molecular formula is C16H18BrNO5. The van der Waals surface area contributed by atoms with Crippen LogP contribution in [0.5, 0.6) is 0 Å². The van der Waals surface area contributed by atoms with Gasteiger partial charge < -0.3 is 9.47 Å². The Hall–Kier alpha value is -1.89. The van der Waals surface area contributed by atoms with Gasteiger partial charge in [0.15, 0.2) is 0 Å². The predicted molar refractivity (Wildman–Crippen MR) is 85.7 cm³/mol. The zero-order valence-corrected chi connectivity index (χ0v) is 14.8. The monoisotopic (exact) mass is 383 g/mol. The van der Waals surface area contributed by atoms with Gasteiger partial charge in [0.1, 0.15) is 6.04 Å². The second kappa shape index (κ2) is 7.12. The summed E-state index contributed by atoms with van der Waals surface area (Å²) in [7, 11) is 2.41. The first kappa shape index (κ1) is 17.5. The third kappa shape index (κ3) is 3.55. The molecule has 0 aromatic heterocycles. The summed E-state index contributed by atoms with van der Waals surface area (Å²) in [6.07, 6.45) is -0.149. The van der Waals surface area contributed by atoms with E-state index in [2.05, 4.69) is 20.7 Å². The highest BCUT2D eigenvalue weighted by Crippen LogP contribution is 2.30. The number of hydrogen-bond donors (Lipinski definition) is 0. The van der Waals surface area contributed by atoms with Crippen LogP contribution < -0.4 is 0 Å². The molecule has 0 aliphatic carbocycles. The van der Waals surface area contributed by atoms with E-state index in [9.17, 15) is 14.4 Å². The van der Waals surface area contributed by atoms with Gasteiger partial charge in [-0.25, -0.2) is 14.5 Å². The highest BCUT2D eigenvalue weighted by molar-refractivity contribution is 9.10. The Kier molecular flexibility index (Phi) is 5.41. The number of amides is 2. The van der Waals surface area contributed by atoms with E-state index >= 15 is 0 Å². The van der Waals surface area contributed by atoms with E-state index in [-0.39, 0.29) is 6.42 Å². The van der Waals surface area contributed by atoms with Crippen LogP contribution in [-0.2, 0) is 25.5 Å². The molecule has 0 N–H and O–H groups in total. The molecule has 1 aliphatic heterocycles. The summed E-state index contributed by atoms with van der Waals surface area (Å²) in [5.41, 5.74) is 2.03. The number of hydrogen-bond acceptors (Lipinski definition) is 5. The first-order valence-electron chi connectivity index (χ1n) is 7.13. The summed E-state index contributed by atoms with van der Waals surface area (Å²) in [5.74, 6) is -1.48. The second-order valence-corrected chi connectivity index (χ2v) is 6.29. The molecule has 0 bridgehead atoms. The van der Waals surface area contributed by atoms with E-state index in [1.807, 2.05) is 25.1 Å². The average molecular weight is 384 g/mol. The lowest BCUT2D eigenvalue weighted by Crippen LogP contribution is -2.43. The molecule has 1 fully saturated rings. The minimum atomic E-state index is -0.929. The van der Waals surface area contributed by atoms with Crippen molar-refractivity contribution < 1.29 is 23.9 Å². The number of ether oxygens (including phenoxy) is 2. The van der Waals surface area contributed by atoms with Gasteiger partial charge in [-0.15, -0.1) is 0 Å². The largest absolute Gasteiger partial charge is 0.467 e. The number of likely N-dealkylation sites (tertiary alicyclic amines) is 1. The molecule has 0 saturated carbocycles. The molecule has 23 heavy (non-hydrogen) atoms. The molecule has 0 unspecified atom stereocenters. The maximum Gasteiger partial charge on any atom is 0.417 e. The molecule has 6 nitrogen and oxygen atoms in total. The molecule has 0 spiro atoms. The van der Waals surface area contributed by atoms with Crippen LogP contribution in [0.1, 0.15) is 17.5 Å². The smallest absolute Gasteiger partial charge is 0.417 e. The van der Waals surface area contributed by atoms with Crippen molar-refractivity contribution >= 4 is 33.9 Å². The van der Waals surface area contributed by atoms with E-state index in [0.717, 1.165) is 20.5 Å². The number of rotatable bonds is 3. The average Bonchev–Trinajstić information content (AvgIpc) is 2.86. The van der Waals surface area contributed by atoms with E-state index < -0.39 is 29.9 Å². The van der Waals surface area contributed by atoms with Crippen LogP contribution in [0.25, 0.3) is 0 Å². The molecule has 1 aliphatic rings. The number of carbonyl (C=O) groups is 3. The molecule has 1 heterocycles. The lowest BCUT2D eigenvalue weighted by Gasteiger charge is -2.18. The molecule has 2 amide bonds. The molecule has 1 aromatic carbocycles. The number of nitrogens with zero attached hydrogens (tertiary/aromatic N) is 1. The van der Waals surface area contributed by atoms with Crippen molar-refractivity contribution in [3.63, 3.8) is 0 Å². The fraction of sp³-hybridized carbons (Fsp3) is 0.438. The summed E-state index contributed by atoms with van der Waals surface area (Å²) in [5, 5.41) is 0. The molecule has 1 aromatic rings. The van der Waals surface area contributed by atoms with Gasteiger partial charge in [-0.1, -0.05) is 28.1 Å². The first-order valence-corrected chi connectivity index (χ1v) is 7.92. The predicted octanol–water partition coefficient (Wildman–Crippen LogP) is 2.46. The van der Waals surface area contributed by atoms with Gasteiger partial charge in [0.2, 0.25) is 5.91 Å². The van der Waals surface area contributed by atoms with Crippen LogP contribution in [0.15, 0.2) is 22.7 Å². The van der Waals surface area contributed by atoms with Crippen molar-refractivity contribution in [1.82, 2.24) is 4.90 Å². The standard InChI is InChI=1S/C16H18BrNO5/c1-9-6-10(4-5-12(9)17)7-11-8-13(15(20)22-2)18(14(11)19)16(21)23-3/h4-6,11,13H,7-8H2,1-3H3/t11-,13+/m1/s1. The van der Waals surface area contributed by atoms with Crippen molar-refractivity contribution in [1.29, 1.82) is 0 Å². The molecule has 124 valence electrons. The van der Waals surface area contributed by atoms with Gasteiger partial charge in [-0.05, 0) is 37.0 Å². The Bertz CT molecular complexity index is 645. The highest BCUT2D eigenvalue weighted by atomic mass is 79.9. The molecule has 2 atom stereocenters.